The van der Waals surface area contributed by atoms with Gasteiger partial charge in [0.15, 0.2) is 0 Å². The molecule has 5 nitrogen and oxygen atoms in total. The maximum absolute atomic E-state index is 6.60. The van der Waals surface area contributed by atoms with Crippen LogP contribution in [0.2, 0.25) is 0 Å². The van der Waals surface area contributed by atoms with Crippen LogP contribution in [0.25, 0.3) is 0 Å². The maximum Gasteiger partial charge on any atom is 0.105 e. The van der Waals surface area contributed by atoms with Crippen LogP contribution in [-0.2, 0) is 20.8 Å². The first-order valence-corrected chi connectivity index (χ1v) is 10.4. The molecule has 140 valence electrons. The van der Waals surface area contributed by atoms with E-state index in [1.807, 2.05) is 11.3 Å². The van der Waals surface area contributed by atoms with Crippen LogP contribution >= 0.6 is 11.3 Å². The Bertz CT molecular complexity index is 561. The maximum atomic E-state index is 6.60. The molecule has 0 unspecified atom stereocenters. The van der Waals surface area contributed by atoms with Gasteiger partial charge in [0.2, 0.25) is 0 Å². The van der Waals surface area contributed by atoms with Crippen molar-refractivity contribution >= 4 is 11.3 Å². The van der Waals surface area contributed by atoms with Gasteiger partial charge in [-0.05, 0) is 31.9 Å². The molecule has 1 aromatic rings. The molecule has 0 radical (unpaired) electrons. The van der Waals surface area contributed by atoms with Gasteiger partial charge in [0.25, 0.3) is 0 Å². The summed E-state index contributed by atoms with van der Waals surface area (Å²) in [7, 11) is 0. The average Bonchev–Trinajstić information content (AvgIpc) is 3.12. The fraction of sp³-hybridized carbons (Fsp3) is 0.789. The summed E-state index contributed by atoms with van der Waals surface area (Å²) in [6.45, 7) is 11.5. The first-order valence-electron chi connectivity index (χ1n) is 9.54. The summed E-state index contributed by atoms with van der Waals surface area (Å²) < 4.78 is 18.0. The van der Waals surface area contributed by atoms with Crippen LogP contribution in [0.4, 0.5) is 0 Å². The molecule has 0 aliphatic carbocycles. The highest BCUT2D eigenvalue weighted by molar-refractivity contribution is 7.11. The van der Waals surface area contributed by atoms with Gasteiger partial charge in [0, 0.05) is 49.0 Å². The van der Waals surface area contributed by atoms with E-state index in [1.54, 1.807) is 0 Å². The SMILES string of the molecule is Cc1ccc(CN2CCOC[C@]3(CC[C@@H](CN4CCOCC4)O3)C2)s1. The van der Waals surface area contributed by atoms with Crippen LogP contribution in [-0.4, -0.2) is 80.7 Å². The summed E-state index contributed by atoms with van der Waals surface area (Å²) in [5.74, 6) is 0. The lowest BCUT2D eigenvalue weighted by atomic mass is 10.00. The molecule has 6 heteroatoms. The molecule has 1 spiro atoms. The summed E-state index contributed by atoms with van der Waals surface area (Å²) in [5, 5.41) is 0. The molecule has 0 saturated carbocycles. The molecule has 0 amide bonds. The molecule has 3 fully saturated rings. The van der Waals surface area contributed by atoms with Crippen molar-refractivity contribution < 1.29 is 14.2 Å². The zero-order valence-corrected chi connectivity index (χ0v) is 16.1. The third kappa shape index (κ3) is 4.62. The van der Waals surface area contributed by atoms with Crippen LogP contribution in [0.3, 0.4) is 0 Å². The van der Waals surface area contributed by atoms with Gasteiger partial charge in [-0.15, -0.1) is 11.3 Å². The molecule has 0 N–H and O–H groups in total. The van der Waals surface area contributed by atoms with Crippen molar-refractivity contribution in [3.05, 3.63) is 21.9 Å². The van der Waals surface area contributed by atoms with Crippen molar-refractivity contribution in [2.75, 3.05) is 59.2 Å². The number of aryl methyl sites for hydroxylation is 1. The number of rotatable bonds is 4. The average molecular weight is 367 g/mol. The molecular weight excluding hydrogens is 336 g/mol. The lowest BCUT2D eigenvalue weighted by Crippen LogP contribution is -2.46. The van der Waals surface area contributed by atoms with Crippen molar-refractivity contribution in [2.45, 2.75) is 38.0 Å². The van der Waals surface area contributed by atoms with E-state index in [0.29, 0.717) is 6.10 Å². The number of nitrogens with zero attached hydrogens (tertiary/aromatic N) is 2. The Labute approximate surface area is 154 Å². The van der Waals surface area contributed by atoms with E-state index in [0.717, 1.165) is 78.5 Å². The quantitative estimate of drug-likeness (QED) is 0.816. The molecule has 4 heterocycles. The van der Waals surface area contributed by atoms with E-state index in [-0.39, 0.29) is 5.60 Å². The molecule has 25 heavy (non-hydrogen) atoms. The summed E-state index contributed by atoms with van der Waals surface area (Å²) in [4.78, 5) is 7.84. The van der Waals surface area contributed by atoms with E-state index in [9.17, 15) is 0 Å². The zero-order valence-electron chi connectivity index (χ0n) is 15.2. The number of ether oxygens (including phenoxy) is 3. The van der Waals surface area contributed by atoms with E-state index < -0.39 is 0 Å². The molecule has 3 aliphatic rings. The third-order valence-corrected chi connectivity index (χ3v) is 6.49. The highest BCUT2D eigenvalue weighted by atomic mass is 32.1. The van der Waals surface area contributed by atoms with E-state index in [4.69, 9.17) is 14.2 Å². The fourth-order valence-corrected chi connectivity index (χ4v) is 5.16. The Morgan fingerprint density at radius 1 is 1.12 bits per heavy atom. The largest absolute Gasteiger partial charge is 0.379 e. The standard InChI is InChI=1S/C19H30N2O3S/c1-16-2-3-18(25-16)13-21-8-11-23-15-19(14-21)5-4-17(24-19)12-20-6-9-22-10-7-20/h2-3,17H,4-15H2,1H3/t17-,19-/m0/s1. The molecule has 0 aromatic carbocycles. The van der Waals surface area contributed by atoms with Crippen molar-refractivity contribution in [1.29, 1.82) is 0 Å². The Morgan fingerprint density at radius 3 is 2.72 bits per heavy atom. The Morgan fingerprint density at radius 2 is 1.92 bits per heavy atom. The summed E-state index contributed by atoms with van der Waals surface area (Å²) in [5.41, 5.74) is -0.111. The number of hydrogen-bond acceptors (Lipinski definition) is 6. The molecule has 0 bridgehead atoms. The second kappa shape index (κ2) is 8.03. The summed E-state index contributed by atoms with van der Waals surface area (Å²) in [6, 6.07) is 4.48. The van der Waals surface area contributed by atoms with Gasteiger partial charge in [0.1, 0.15) is 5.60 Å². The number of thiophene rings is 1. The van der Waals surface area contributed by atoms with Gasteiger partial charge in [-0.2, -0.15) is 0 Å². The predicted octanol–water partition coefficient (Wildman–Crippen LogP) is 2.14. The lowest BCUT2D eigenvalue weighted by molar-refractivity contribution is -0.0966. The van der Waals surface area contributed by atoms with Crippen molar-refractivity contribution in [3.63, 3.8) is 0 Å². The first-order chi connectivity index (χ1) is 12.2. The Kier molecular flexibility index (Phi) is 5.74. The minimum Gasteiger partial charge on any atom is -0.379 e. The monoisotopic (exact) mass is 366 g/mol. The van der Waals surface area contributed by atoms with E-state index in [1.165, 1.54) is 9.75 Å². The smallest absolute Gasteiger partial charge is 0.105 e. The Hall–Kier alpha value is -0.500. The third-order valence-electron chi connectivity index (χ3n) is 5.51. The predicted molar refractivity (Wildman–Crippen MR) is 99.2 cm³/mol. The van der Waals surface area contributed by atoms with Crippen molar-refractivity contribution in [1.82, 2.24) is 9.80 Å². The van der Waals surface area contributed by atoms with Crippen LogP contribution < -0.4 is 0 Å². The molecule has 3 aliphatic heterocycles. The van der Waals surface area contributed by atoms with E-state index in [2.05, 4.69) is 28.9 Å². The molecular formula is C19H30N2O3S. The molecule has 4 rings (SSSR count). The minimum absolute atomic E-state index is 0.111. The summed E-state index contributed by atoms with van der Waals surface area (Å²) in [6.07, 6.45) is 2.60. The van der Waals surface area contributed by atoms with Crippen LogP contribution in [0.5, 0.6) is 0 Å². The topological polar surface area (TPSA) is 34.2 Å². The van der Waals surface area contributed by atoms with E-state index >= 15 is 0 Å². The molecule has 2 atom stereocenters. The highest BCUT2D eigenvalue weighted by Gasteiger charge is 2.43. The summed E-state index contributed by atoms with van der Waals surface area (Å²) >= 11 is 1.90. The second-order valence-electron chi connectivity index (χ2n) is 7.65. The number of hydrogen-bond donors (Lipinski definition) is 0. The minimum atomic E-state index is -0.111. The normalized spacial score (nSPS) is 32.3. The second-order valence-corrected chi connectivity index (χ2v) is 9.02. The van der Waals surface area contributed by atoms with Crippen LogP contribution in [0.1, 0.15) is 22.6 Å². The first kappa shape index (κ1) is 17.9. The van der Waals surface area contributed by atoms with Gasteiger partial charge in [-0.25, -0.2) is 0 Å². The molecule has 3 saturated heterocycles. The Balaban J connectivity index is 1.35. The van der Waals surface area contributed by atoms with Gasteiger partial charge in [-0.1, -0.05) is 0 Å². The van der Waals surface area contributed by atoms with Crippen LogP contribution in [0.15, 0.2) is 12.1 Å². The van der Waals surface area contributed by atoms with Gasteiger partial charge >= 0.3 is 0 Å². The van der Waals surface area contributed by atoms with Gasteiger partial charge in [0.05, 0.1) is 32.5 Å². The number of morpholine rings is 1. The fourth-order valence-electron chi connectivity index (χ4n) is 4.23. The van der Waals surface area contributed by atoms with Gasteiger partial charge < -0.3 is 14.2 Å². The van der Waals surface area contributed by atoms with Crippen molar-refractivity contribution in [3.8, 4) is 0 Å². The molecule has 1 aromatic heterocycles. The lowest BCUT2D eigenvalue weighted by Gasteiger charge is -2.33. The zero-order chi connectivity index (χ0) is 17.1. The van der Waals surface area contributed by atoms with Gasteiger partial charge in [-0.3, -0.25) is 9.80 Å². The highest BCUT2D eigenvalue weighted by Crippen LogP contribution is 2.34. The van der Waals surface area contributed by atoms with Crippen molar-refractivity contribution in [2.24, 2.45) is 0 Å². The van der Waals surface area contributed by atoms with Crippen LogP contribution in [0, 0.1) is 6.92 Å².